The van der Waals surface area contributed by atoms with Gasteiger partial charge >= 0.3 is 0 Å². The number of carbonyl (C=O) groups excluding carboxylic acids is 1. The summed E-state index contributed by atoms with van der Waals surface area (Å²) in [5, 5.41) is 0. The van der Waals surface area contributed by atoms with Crippen LogP contribution < -0.4 is 10.5 Å². The lowest BCUT2D eigenvalue weighted by molar-refractivity contribution is 0.0820. The molecule has 4 nitrogen and oxygen atoms in total. The Hall–Kier alpha value is -1.71. The Morgan fingerprint density at radius 2 is 2.12 bits per heavy atom. The summed E-state index contributed by atoms with van der Waals surface area (Å²) in [5.41, 5.74) is 6.86. The van der Waals surface area contributed by atoms with Crippen LogP contribution in [0.25, 0.3) is 0 Å². The van der Waals surface area contributed by atoms with E-state index in [9.17, 15) is 4.79 Å². The predicted molar refractivity (Wildman–Crippen MR) is 69.3 cm³/mol. The van der Waals surface area contributed by atoms with Crippen LogP contribution in [0.3, 0.4) is 0 Å². The van der Waals surface area contributed by atoms with E-state index in [0.717, 1.165) is 6.42 Å². The SMILES string of the molecule is CCC(C)Oc1cc(N)ccc1C(=O)N(C)C. The highest BCUT2D eigenvalue weighted by Gasteiger charge is 2.16. The highest BCUT2D eigenvalue weighted by molar-refractivity contribution is 5.97. The number of hydrogen-bond donors (Lipinski definition) is 1. The molecule has 0 fully saturated rings. The van der Waals surface area contributed by atoms with Crippen molar-refractivity contribution in [3.63, 3.8) is 0 Å². The molecule has 0 radical (unpaired) electrons. The van der Waals surface area contributed by atoms with E-state index in [1.165, 1.54) is 4.90 Å². The number of nitrogen functional groups attached to an aromatic ring is 1. The van der Waals surface area contributed by atoms with Gasteiger partial charge in [-0.1, -0.05) is 6.92 Å². The third-order valence-corrected chi connectivity index (χ3v) is 2.55. The van der Waals surface area contributed by atoms with Gasteiger partial charge in [0.25, 0.3) is 5.91 Å². The van der Waals surface area contributed by atoms with E-state index in [1.807, 2.05) is 13.8 Å². The van der Waals surface area contributed by atoms with Gasteiger partial charge in [-0.05, 0) is 25.5 Å². The Morgan fingerprint density at radius 3 is 2.65 bits per heavy atom. The maximum Gasteiger partial charge on any atom is 0.257 e. The molecule has 0 aliphatic carbocycles. The molecule has 0 bridgehead atoms. The van der Waals surface area contributed by atoms with E-state index in [2.05, 4.69) is 0 Å². The van der Waals surface area contributed by atoms with Crippen molar-refractivity contribution < 1.29 is 9.53 Å². The monoisotopic (exact) mass is 236 g/mol. The number of hydrogen-bond acceptors (Lipinski definition) is 3. The lowest BCUT2D eigenvalue weighted by atomic mass is 10.1. The molecular weight excluding hydrogens is 216 g/mol. The minimum Gasteiger partial charge on any atom is -0.490 e. The van der Waals surface area contributed by atoms with Gasteiger partial charge in [0.15, 0.2) is 0 Å². The van der Waals surface area contributed by atoms with E-state index >= 15 is 0 Å². The second kappa shape index (κ2) is 5.57. The average Bonchev–Trinajstić information content (AvgIpc) is 2.28. The third-order valence-electron chi connectivity index (χ3n) is 2.55. The van der Waals surface area contributed by atoms with Gasteiger partial charge in [0, 0.05) is 25.8 Å². The van der Waals surface area contributed by atoms with Crippen LogP contribution in [-0.4, -0.2) is 31.0 Å². The Bertz CT molecular complexity index is 402. The molecule has 1 aromatic carbocycles. The molecule has 4 heteroatoms. The molecule has 1 unspecified atom stereocenters. The molecule has 1 rings (SSSR count). The van der Waals surface area contributed by atoms with Crippen LogP contribution in [-0.2, 0) is 0 Å². The Morgan fingerprint density at radius 1 is 1.47 bits per heavy atom. The second-order valence-corrected chi connectivity index (χ2v) is 4.29. The Labute approximate surface area is 102 Å². The number of amides is 1. The van der Waals surface area contributed by atoms with E-state index in [1.54, 1.807) is 32.3 Å². The molecule has 0 heterocycles. The van der Waals surface area contributed by atoms with Crippen molar-refractivity contribution in [2.45, 2.75) is 26.4 Å². The second-order valence-electron chi connectivity index (χ2n) is 4.29. The van der Waals surface area contributed by atoms with Crippen molar-refractivity contribution in [2.24, 2.45) is 0 Å². The maximum atomic E-state index is 12.0. The third kappa shape index (κ3) is 3.37. The summed E-state index contributed by atoms with van der Waals surface area (Å²) in [5.74, 6) is 0.473. The number of anilines is 1. The number of carbonyl (C=O) groups is 1. The summed E-state index contributed by atoms with van der Waals surface area (Å²) in [6.45, 7) is 4.00. The molecule has 94 valence electrons. The summed E-state index contributed by atoms with van der Waals surface area (Å²) in [7, 11) is 3.43. The first-order valence-electron chi connectivity index (χ1n) is 5.73. The van der Waals surface area contributed by atoms with Crippen molar-refractivity contribution >= 4 is 11.6 Å². The molecule has 0 aliphatic heterocycles. The number of rotatable bonds is 4. The van der Waals surface area contributed by atoms with Gasteiger partial charge in [0.2, 0.25) is 0 Å². The zero-order valence-electron chi connectivity index (χ0n) is 10.9. The van der Waals surface area contributed by atoms with E-state index < -0.39 is 0 Å². The minimum atomic E-state index is -0.0803. The van der Waals surface area contributed by atoms with E-state index in [-0.39, 0.29) is 12.0 Å². The molecule has 1 aromatic rings. The Balaban J connectivity index is 3.07. The van der Waals surface area contributed by atoms with Crippen molar-refractivity contribution in [1.29, 1.82) is 0 Å². The molecule has 17 heavy (non-hydrogen) atoms. The fourth-order valence-electron chi connectivity index (χ4n) is 1.35. The Kier molecular flexibility index (Phi) is 4.37. The summed E-state index contributed by atoms with van der Waals surface area (Å²) < 4.78 is 5.72. The summed E-state index contributed by atoms with van der Waals surface area (Å²) >= 11 is 0. The van der Waals surface area contributed by atoms with Gasteiger partial charge < -0.3 is 15.4 Å². The fourth-order valence-corrected chi connectivity index (χ4v) is 1.35. The molecule has 1 atom stereocenters. The first kappa shape index (κ1) is 13.4. The first-order valence-corrected chi connectivity index (χ1v) is 5.73. The number of benzene rings is 1. The smallest absolute Gasteiger partial charge is 0.257 e. The van der Waals surface area contributed by atoms with Gasteiger partial charge in [-0.2, -0.15) is 0 Å². The van der Waals surface area contributed by atoms with Gasteiger partial charge in [-0.3, -0.25) is 4.79 Å². The standard InChI is InChI=1S/C13H20N2O2/c1-5-9(2)17-12-8-10(14)6-7-11(12)13(16)15(3)4/h6-9H,5,14H2,1-4H3. The van der Waals surface area contributed by atoms with Gasteiger partial charge in [0.1, 0.15) is 5.75 Å². The normalized spacial score (nSPS) is 12.0. The highest BCUT2D eigenvalue weighted by atomic mass is 16.5. The summed E-state index contributed by atoms with van der Waals surface area (Å²) in [4.78, 5) is 13.5. The quantitative estimate of drug-likeness (QED) is 0.815. The molecular formula is C13H20N2O2. The minimum absolute atomic E-state index is 0.0607. The van der Waals surface area contributed by atoms with Crippen molar-refractivity contribution in [3.05, 3.63) is 23.8 Å². The predicted octanol–water partition coefficient (Wildman–Crippen LogP) is 2.15. The summed E-state index contributed by atoms with van der Waals surface area (Å²) in [6.07, 6.45) is 0.940. The van der Waals surface area contributed by atoms with Gasteiger partial charge in [-0.25, -0.2) is 0 Å². The van der Waals surface area contributed by atoms with Crippen LogP contribution in [0.4, 0.5) is 5.69 Å². The molecule has 0 aromatic heterocycles. The molecule has 0 aliphatic rings. The molecule has 0 saturated heterocycles. The van der Waals surface area contributed by atoms with Gasteiger partial charge in [0.05, 0.1) is 11.7 Å². The van der Waals surface area contributed by atoms with Crippen molar-refractivity contribution in [3.8, 4) is 5.75 Å². The first-order chi connectivity index (χ1) is 7.95. The van der Waals surface area contributed by atoms with Crippen LogP contribution in [0.1, 0.15) is 30.6 Å². The molecule has 0 spiro atoms. The maximum absolute atomic E-state index is 12.0. The topological polar surface area (TPSA) is 55.6 Å². The number of ether oxygens (including phenoxy) is 1. The van der Waals surface area contributed by atoms with E-state index in [0.29, 0.717) is 17.0 Å². The zero-order chi connectivity index (χ0) is 13.0. The average molecular weight is 236 g/mol. The largest absolute Gasteiger partial charge is 0.490 e. The molecule has 0 saturated carbocycles. The van der Waals surface area contributed by atoms with Crippen LogP contribution in [0.2, 0.25) is 0 Å². The lowest BCUT2D eigenvalue weighted by Gasteiger charge is -2.18. The van der Waals surface area contributed by atoms with Crippen LogP contribution >= 0.6 is 0 Å². The summed E-state index contributed by atoms with van der Waals surface area (Å²) in [6, 6.07) is 5.11. The lowest BCUT2D eigenvalue weighted by Crippen LogP contribution is -2.23. The van der Waals surface area contributed by atoms with Crippen molar-refractivity contribution in [2.75, 3.05) is 19.8 Å². The highest BCUT2D eigenvalue weighted by Crippen LogP contribution is 2.24. The number of nitrogens with zero attached hydrogens (tertiary/aromatic N) is 1. The molecule has 2 N–H and O–H groups in total. The number of nitrogens with two attached hydrogens (primary N) is 1. The van der Waals surface area contributed by atoms with Crippen LogP contribution in [0.5, 0.6) is 5.75 Å². The van der Waals surface area contributed by atoms with Crippen LogP contribution in [0, 0.1) is 0 Å². The molecule has 1 amide bonds. The fraction of sp³-hybridized carbons (Fsp3) is 0.462. The van der Waals surface area contributed by atoms with Crippen molar-refractivity contribution in [1.82, 2.24) is 4.90 Å². The van der Waals surface area contributed by atoms with Gasteiger partial charge in [-0.15, -0.1) is 0 Å². The van der Waals surface area contributed by atoms with Crippen LogP contribution in [0.15, 0.2) is 18.2 Å². The zero-order valence-corrected chi connectivity index (χ0v) is 10.9. The van der Waals surface area contributed by atoms with E-state index in [4.69, 9.17) is 10.5 Å².